The van der Waals surface area contributed by atoms with Crippen molar-refractivity contribution in [1.82, 2.24) is 10.2 Å². The summed E-state index contributed by atoms with van der Waals surface area (Å²) in [5.74, 6) is -0.461. The smallest absolute Gasteiger partial charge is 0.264 e. The van der Waals surface area contributed by atoms with Crippen molar-refractivity contribution in [2.45, 2.75) is 69.0 Å². The van der Waals surface area contributed by atoms with Gasteiger partial charge in [-0.15, -0.1) is 0 Å². The Balaban J connectivity index is 1.58. The molecular weight excluding hydrogens is 690 g/mol. The van der Waals surface area contributed by atoms with Gasteiger partial charge in [-0.25, -0.2) is 8.42 Å². The lowest BCUT2D eigenvalue weighted by molar-refractivity contribution is -0.140. The summed E-state index contributed by atoms with van der Waals surface area (Å²) in [5, 5.41) is 3.24. The summed E-state index contributed by atoms with van der Waals surface area (Å²) in [7, 11) is -2.78. The Morgan fingerprint density at radius 2 is 1.50 bits per heavy atom. The number of hydrogen-bond acceptors (Lipinski definition) is 5. The van der Waals surface area contributed by atoms with Crippen LogP contribution in [0, 0.1) is 6.92 Å². The van der Waals surface area contributed by atoms with Gasteiger partial charge in [-0.05, 0) is 67.3 Å². The fourth-order valence-corrected chi connectivity index (χ4v) is 7.76. The summed E-state index contributed by atoms with van der Waals surface area (Å²) in [5.41, 5.74) is 2.83. The van der Waals surface area contributed by atoms with Gasteiger partial charge < -0.3 is 15.0 Å². The summed E-state index contributed by atoms with van der Waals surface area (Å²) in [6.45, 7) is 1.43. The first-order valence-electron chi connectivity index (χ1n) is 16.3. The van der Waals surface area contributed by atoms with Crippen LogP contribution in [0.15, 0.2) is 112 Å². The molecule has 1 aliphatic carbocycles. The third-order valence-electron chi connectivity index (χ3n) is 8.73. The number of rotatable bonds is 13. The van der Waals surface area contributed by atoms with Crippen LogP contribution in [-0.4, -0.2) is 50.9 Å². The van der Waals surface area contributed by atoms with Gasteiger partial charge in [0.05, 0.1) is 17.7 Å². The van der Waals surface area contributed by atoms with E-state index in [1.807, 2.05) is 61.5 Å². The van der Waals surface area contributed by atoms with Crippen LogP contribution in [0.3, 0.4) is 0 Å². The molecule has 8 nitrogen and oxygen atoms in total. The largest absolute Gasteiger partial charge is 0.495 e. The van der Waals surface area contributed by atoms with Crippen molar-refractivity contribution in [3.8, 4) is 5.75 Å². The van der Waals surface area contributed by atoms with E-state index in [-0.39, 0.29) is 35.5 Å². The van der Waals surface area contributed by atoms with Crippen molar-refractivity contribution < 1.29 is 22.7 Å². The van der Waals surface area contributed by atoms with Gasteiger partial charge in [-0.2, -0.15) is 0 Å². The van der Waals surface area contributed by atoms with E-state index < -0.39 is 28.5 Å². The first-order chi connectivity index (χ1) is 23.2. The van der Waals surface area contributed by atoms with Crippen LogP contribution in [0.25, 0.3) is 0 Å². The number of aryl methyl sites for hydroxylation is 1. The minimum atomic E-state index is -4.24. The number of sulfonamides is 1. The number of nitrogens with one attached hydrogen (secondary N) is 1. The molecule has 10 heteroatoms. The molecule has 0 bridgehead atoms. The molecule has 48 heavy (non-hydrogen) atoms. The molecule has 0 saturated heterocycles. The Kier molecular flexibility index (Phi) is 11.9. The van der Waals surface area contributed by atoms with E-state index in [4.69, 9.17) is 4.74 Å². The normalized spacial score (nSPS) is 14.1. The lowest BCUT2D eigenvalue weighted by Gasteiger charge is -2.35. The molecule has 1 aliphatic rings. The Morgan fingerprint density at radius 3 is 2.17 bits per heavy atom. The molecule has 0 aliphatic heterocycles. The van der Waals surface area contributed by atoms with Crippen LogP contribution in [-0.2, 0) is 32.6 Å². The quantitative estimate of drug-likeness (QED) is 0.159. The third-order valence-corrected chi connectivity index (χ3v) is 11.0. The SMILES string of the molecule is COc1ccccc1N(CC(=O)N(Cc1ccc(Br)cc1)[C@@H](Cc1ccccc1)C(=O)NC1CCCCC1)S(=O)(=O)c1ccc(C)cc1. The number of nitrogens with zero attached hydrogens (tertiary/aromatic N) is 2. The highest BCUT2D eigenvalue weighted by Gasteiger charge is 2.36. The van der Waals surface area contributed by atoms with Crippen LogP contribution in [0.2, 0.25) is 0 Å². The van der Waals surface area contributed by atoms with Gasteiger partial charge in [0, 0.05) is 23.5 Å². The zero-order valence-electron chi connectivity index (χ0n) is 27.3. The molecule has 2 amide bonds. The van der Waals surface area contributed by atoms with E-state index in [9.17, 15) is 18.0 Å². The number of methoxy groups -OCH3 is 1. The Labute approximate surface area is 292 Å². The summed E-state index contributed by atoms with van der Waals surface area (Å²) in [6, 6.07) is 29.5. The molecule has 0 spiro atoms. The number of halogens is 1. The van der Waals surface area contributed by atoms with Crippen LogP contribution in [0.4, 0.5) is 5.69 Å². The van der Waals surface area contributed by atoms with E-state index in [2.05, 4.69) is 21.2 Å². The van der Waals surface area contributed by atoms with Crippen molar-refractivity contribution in [2.75, 3.05) is 18.0 Å². The van der Waals surface area contributed by atoms with Crippen molar-refractivity contribution in [3.63, 3.8) is 0 Å². The molecule has 1 N–H and O–H groups in total. The standard InChI is InChI=1S/C38H42BrN3O5S/c1-28-17-23-33(24-18-28)48(45,46)42(34-15-9-10-16-36(34)47-2)27-37(43)41(26-30-19-21-31(39)22-20-30)35(25-29-11-5-3-6-12-29)38(44)40-32-13-7-4-8-14-32/h3,5-6,9-12,15-24,32,35H,4,7-8,13-14,25-27H2,1-2H3,(H,40,44)/t35-/m0/s1. The van der Waals surface area contributed by atoms with Crippen molar-refractivity contribution in [3.05, 3.63) is 124 Å². The maximum atomic E-state index is 14.7. The molecule has 1 fully saturated rings. The number of anilines is 1. The Bertz CT molecular complexity index is 1780. The number of amides is 2. The predicted octanol–water partition coefficient (Wildman–Crippen LogP) is 7.05. The van der Waals surface area contributed by atoms with Crippen molar-refractivity contribution in [2.24, 2.45) is 0 Å². The molecule has 0 radical (unpaired) electrons. The second kappa shape index (κ2) is 16.3. The molecule has 252 valence electrons. The van der Waals surface area contributed by atoms with Crippen LogP contribution >= 0.6 is 15.9 Å². The molecular formula is C38H42BrN3O5S. The molecule has 4 aromatic carbocycles. The maximum absolute atomic E-state index is 14.7. The van der Waals surface area contributed by atoms with E-state index in [1.54, 1.807) is 36.4 Å². The monoisotopic (exact) mass is 731 g/mol. The van der Waals surface area contributed by atoms with Gasteiger partial charge in [-0.3, -0.25) is 13.9 Å². The summed E-state index contributed by atoms with van der Waals surface area (Å²) >= 11 is 3.48. The first-order valence-corrected chi connectivity index (χ1v) is 18.5. The molecule has 4 aromatic rings. The number of carbonyl (C=O) groups is 2. The molecule has 0 unspecified atom stereocenters. The van der Waals surface area contributed by atoms with Gasteiger partial charge >= 0.3 is 0 Å². The predicted molar refractivity (Wildman–Crippen MR) is 192 cm³/mol. The van der Waals surface area contributed by atoms with E-state index in [1.165, 1.54) is 24.1 Å². The maximum Gasteiger partial charge on any atom is 0.264 e. The number of benzene rings is 4. The highest BCUT2D eigenvalue weighted by atomic mass is 79.9. The number of hydrogen-bond donors (Lipinski definition) is 1. The second-order valence-corrected chi connectivity index (χ2v) is 15.0. The van der Waals surface area contributed by atoms with Gasteiger partial charge in [-0.1, -0.05) is 107 Å². The van der Waals surface area contributed by atoms with Crippen LogP contribution in [0.1, 0.15) is 48.8 Å². The highest BCUT2D eigenvalue weighted by Crippen LogP contribution is 2.33. The number of ether oxygens (including phenoxy) is 1. The highest BCUT2D eigenvalue weighted by molar-refractivity contribution is 9.10. The molecule has 1 saturated carbocycles. The lowest BCUT2D eigenvalue weighted by atomic mass is 9.94. The van der Waals surface area contributed by atoms with E-state index >= 15 is 0 Å². The third kappa shape index (κ3) is 8.85. The topological polar surface area (TPSA) is 96.0 Å². The van der Waals surface area contributed by atoms with Gasteiger partial charge in [0.25, 0.3) is 10.0 Å². The summed E-state index contributed by atoms with van der Waals surface area (Å²) in [6.07, 6.45) is 5.27. The minimum Gasteiger partial charge on any atom is -0.495 e. The lowest BCUT2D eigenvalue weighted by Crippen LogP contribution is -2.55. The van der Waals surface area contributed by atoms with Gasteiger partial charge in [0.1, 0.15) is 18.3 Å². The van der Waals surface area contributed by atoms with Crippen LogP contribution < -0.4 is 14.4 Å². The van der Waals surface area contributed by atoms with E-state index in [0.717, 1.165) is 57.6 Å². The molecule has 5 rings (SSSR count). The summed E-state index contributed by atoms with van der Waals surface area (Å²) < 4.78 is 36.2. The van der Waals surface area contributed by atoms with Crippen molar-refractivity contribution >= 4 is 43.5 Å². The minimum absolute atomic E-state index is 0.0288. The molecule has 0 aromatic heterocycles. The number of carbonyl (C=O) groups excluding carboxylic acids is 2. The van der Waals surface area contributed by atoms with Gasteiger partial charge in [0.15, 0.2) is 0 Å². The average Bonchev–Trinajstić information content (AvgIpc) is 3.10. The Hall–Kier alpha value is -4.15. The molecule has 0 heterocycles. The molecule has 1 atom stereocenters. The van der Waals surface area contributed by atoms with Crippen LogP contribution in [0.5, 0.6) is 5.75 Å². The number of para-hydroxylation sites is 2. The Morgan fingerprint density at radius 1 is 0.854 bits per heavy atom. The fourth-order valence-electron chi connectivity index (χ4n) is 6.07. The van der Waals surface area contributed by atoms with E-state index in [0.29, 0.717) is 5.75 Å². The second-order valence-electron chi connectivity index (χ2n) is 12.2. The zero-order chi connectivity index (χ0) is 34.1. The fraction of sp³-hybridized carbons (Fsp3) is 0.316. The zero-order valence-corrected chi connectivity index (χ0v) is 29.8. The van der Waals surface area contributed by atoms with Crippen molar-refractivity contribution in [1.29, 1.82) is 0 Å². The first kappa shape index (κ1) is 35.2. The van der Waals surface area contributed by atoms with Gasteiger partial charge in [0.2, 0.25) is 11.8 Å². The summed E-state index contributed by atoms with van der Waals surface area (Å²) in [4.78, 5) is 30.6. The average molecular weight is 733 g/mol.